The Bertz CT molecular complexity index is 1020. The third-order valence-corrected chi connectivity index (χ3v) is 6.91. The SMILES string of the molecule is CCC(NC(=O)C(C)N(c1ccccc1F)S(C)(=O)=O)c1ccc2c(c1)CCCC2. The molecule has 7 heteroatoms. The van der Waals surface area contributed by atoms with Gasteiger partial charge >= 0.3 is 0 Å². The van der Waals surface area contributed by atoms with E-state index in [4.69, 9.17) is 0 Å². The number of sulfonamides is 1. The second-order valence-electron chi connectivity index (χ2n) is 7.89. The summed E-state index contributed by atoms with van der Waals surface area (Å²) >= 11 is 0. The Kier molecular flexibility index (Phi) is 6.81. The molecule has 0 aromatic heterocycles. The van der Waals surface area contributed by atoms with Gasteiger partial charge in [-0.15, -0.1) is 0 Å². The Balaban J connectivity index is 1.84. The van der Waals surface area contributed by atoms with Gasteiger partial charge in [-0.3, -0.25) is 9.10 Å². The van der Waals surface area contributed by atoms with Crippen LogP contribution in [0.25, 0.3) is 0 Å². The van der Waals surface area contributed by atoms with Gasteiger partial charge in [-0.2, -0.15) is 0 Å². The van der Waals surface area contributed by atoms with Crippen LogP contribution in [0.15, 0.2) is 42.5 Å². The first-order chi connectivity index (χ1) is 14.2. The average Bonchev–Trinajstić information content (AvgIpc) is 2.72. The number of carbonyl (C=O) groups is 1. The number of hydrogen-bond donors (Lipinski definition) is 1. The van der Waals surface area contributed by atoms with Crippen molar-refractivity contribution in [2.75, 3.05) is 10.6 Å². The first-order valence-electron chi connectivity index (χ1n) is 10.4. The number of anilines is 1. The van der Waals surface area contributed by atoms with Crippen molar-refractivity contribution in [1.29, 1.82) is 0 Å². The van der Waals surface area contributed by atoms with Gasteiger partial charge in [-0.05, 0) is 67.9 Å². The predicted molar refractivity (Wildman–Crippen MR) is 117 cm³/mol. The van der Waals surface area contributed by atoms with Crippen LogP contribution in [0.5, 0.6) is 0 Å². The number of carbonyl (C=O) groups excluding carboxylic acids is 1. The summed E-state index contributed by atoms with van der Waals surface area (Å²) in [6, 6.07) is 10.5. The maximum absolute atomic E-state index is 14.3. The quantitative estimate of drug-likeness (QED) is 0.716. The molecular weight excluding hydrogens is 403 g/mol. The van der Waals surface area contributed by atoms with Crippen molar-refractivity contribution in [3.8, 4) is 0 Å². The van der Waals surface area contributed by atoms with Crippen LogP contribution in [-0.2, 0) is 27.7 Å². The number of aryl methyl sites for hydroxylation is 2. The standard InChI is InChI=1S/C23H29FN2O3S/c1-4-21(19-14-13-17-9-5-6-10-18(17)15-19)25-23(27)16(2)26(30(3,28)29)22-12-8-7-11-20(22)24/h7-8,11-16,21H,4-6,9-10H2,1-3H3,(H,25,27). The Morgan fingerprint density at radius 2 is 1.80 bits per heavy atom. The number of hydrogen-bond acceptors (Lipinski definition) is 3. The number of amides is 1. The highest BCUT2D eigenvalue weighted by molar-refractivity contribution is 7.92. The van der Waals surface area contributed by atoms with Crippen LogP contribution in [0.4, 0.5) is 10.1 Å². The van der Waals surface area contributed by atoms with Crippen LogP contribution in [0.2, 0.25) is 0 Å². The van der Waals surface area contributed by atoms with Crippen LogP contribution in [0, 0.1) is 5.82 Å². The molecule has 1 N–H and O–H groups in total. The maximum atomic E-state index is 14.3. The molecule has 2 unspecified atom stereocenters. The summed E-state index contributed by atoms with van der Waals surface area (Å²) in [6.07, 6.45) is 6.14. The number of halogens is 1. The zero-order valence-corrected chi connectivity index (χ0v) is 18.5. The fraction of sp³-hybridized carbons (Fsp3) is 0.435. The molecule has 0 saturated carbocycles. The van der Waals surface area contributed by atoms with E-state index >= 15 is 0 Å². The van der Waals surface area contributed by atoms with Crippen molar-refractivity contribution in [2.24, 2.45) is 0 Å². The van der Waals surface area contributed by atoms with Crippen molar-refractivity contribution < 1.29 is 17.6 Å². The monoisotopic (exact) mass is 432 g/mol. The van der Waals surface area contributed by atoms with Gasteiger partial charge in [0, 0.05) is 0 Å². The predicted octanol–water partition coefficient (Wildman–Crippen LogP) is 4.13. The molecule has 1 amide bonds. The van der Waals surface area contributed by atoms with E-state index in [9.17, 15) is 17.6 Å². The number of rotatable bonds is 7. The topological polar surface area (TPSA) is 66.5 Å². The van der Waals surface area contributed by atoms with Crippen LogP contribution in [0.1, 0.15) is 55.8 Å². The van der Waals surface area contributed by atoms with Gasteiger partial charge < -0.3 is 5.32 Å². The Labute approximate surface area is 178 Å². The first kappa shape index (κ1) is 22.3. The molecule has 2 aromatic rings. The van der Waals surface area contributed by atoms with Gasteiger partial charge in [0.25, 0.3) is 0 Å². The zero-order valence-electron chi connectivity index (χ0n) is 17.7. The number of benzene rings is 2. The lowest BCUT2D eigenvalue weighted by Gasteiger charge is -2.30. The van der Waals surface area contributed by atoms with Crippen molar-refractivity contribution in [2.45, 2.75) is 58.0 Å². The van der Waals surface area contributed by atoms with E-state index in [1.165, 1.54) is 49.1 Å². The average molecular weight is 433 g/mol. The Morgan fingerprint density at radius 3 is 2.43 bits per heavy atom. The molecule has 0 bridgehead atoms. The van der Waals surface area contributed by atoms with Gasteiger partial charge in [-0.25, -0.2) is 12.8 Å². The fourth-order valence-electron chi connectivity index (χ4n) is 4.09. The van der Waals surface area contributed by atoms with Crippen molar-refractivity contribution in [1.82, 2.24) is 5.32 Å². The summed E-state index contributed by atoms with van der Waals surface area (Å²) in [5, 5.41) is 2.96. The van der Waals surface area contributed by atoms with Crippen molar-refractivity contribution >= 4 is 21.6 Å². The molecule has 0 fully saturated rings. The van der Waals surface area contributed by atoms with Gasteiger partial charge in [-0.1, -0.05) is 37.3 Å². The van der Waals surface area contributed by atoms with Crippen LogP contribution in [-0.4, -0.2) is 26.6 Å². The minimum Gasteiger partial charge on any atom is -0.347 e. The molecule has 2 atom stereocenters. The largest absolute Gasteiger partial charge is 0.347 e. The number of para-hydroxylation sites is 1. The summed E-state index contributed by atoms with van der Waals surface area (Å²) in [5.74, 6) is -1.16. The molecule has 0 saturated heterocycles. The van der Waals surface area contributed by atoms with Crippen molar-refractivity contribution in [3.63, 3.8) is 0 Å². The highest BCUT2D eigenvalue weighted by Crippen LogP contribution is 2.27. The number of fused-ring (bicyclic) bond motifs is 1. The first-order valence-corrected chi connectivity index (χ1v) is 12.2. The lowest BCUT2D eigenvalue weighted by molar-refractivity contribution is -0.122. The summed E-state index contributed by atoms with van der Waals surface area (Å²) in [6.45, 7) is 3.45. The molecule has 30 heavy (non-hydrogen) atoms. The molecule has 0 heterocycles. The van der Waals surface area contributed by atoms with Gasteiger partial charge in [0.15, 0.2) is 0 Å². The molecular formula is C23H29FN2O3S. The second kappa shape index (κ2) is 9.16. The molecule has 0 radical (unpaired) electrons. The lowest BCUT2D eigenvalue weighted by Crippen LogP contribution is -2.49. The van der Waals surface area contributed by atoms with Crippen LogP contribution < -0.4 is 9.62 Å². The normalized spacial score (nSPS) is 15.7. The third-order valence-electron chi connectivity index (χ3n) is 5.68. The Hall–Kier alpha value is -2.41. The molecule has 1 aliphatic carbocycles. The minimum atomic E-state index is -3.87. The maximum Gasteiger partial charge on any atom is 0.244 e. The summed E-state index contributed by atoms with van der Waals surface area (Å²) in [5.41, 5.74) is 3.56. The van der Waals surface area contributed by atoms with Gasteiger partial charge in [0.05, 0.1) is 18.0 Å². The molecule has 0 aliphatic heterocycles. The molecule has 3 rings (SSSR count). The molecule has 5 nitrogen and oxygen atoms in total. The highest BCUT2D eigenvalue weighted by Gasteiger charge is 2.32. The van der Waals surface area contributed by atoms with Gasteiger partial charge in [0.2, 0.25) is 15.9 Å². The molecule has 1 aliphatic rings. The second-order valence-corrected chi connectivity index (χ2v) is 9.75. The van der Waals surface area contributed by atoms with E-state index in [2.05, 4.69) is 17.4 Å². The molecule has 2 aromatic carbocycles. The highest BCUT2D eigenvalue weighted by atomic mass is 32.2. The van der Waals surface area contributed by atoms with Crippen LogP contribution >= 0.6 is 0 Å². The van der Waals surface area contributed by atoms with E-state index in [1.807, 2.05) is 13.0 Å². The van der Waals surface area contributed by atoms with E-state index in [-0.39, 0.29) is 11.7 Å². The minimum absolute atomic E-state index is 0.135. The van der Waals surface area contributed by atoms with E-state index < -0.39 is 27.8 Å². The summed E-state index contributed by atoms with van der Waals surface area (Å²) < 4.78 is 39.9. The fourth-order valence-corrected chi connectivity index (χ4v) is 5.27. The zero-order chi connectivity index (χ0) is 21.9. The summed E-state index contributed by atoms with van der Waals surface area (Å²) in [4.78, 5) is 13.0. The van der Waals surface area contributed by atoms with Crippen LogP contribution in [0.3, 0.4) is 0 Å². The lowest BCUT2D eigenvalue weighted by atomic mass is 9.88. The third kappa shape index (κ3) is 4.83. The summed E-state index contributed by atoms with van der Waals surface area (Å²) in [7, 11) is -3.87. The van der Waals surface area contributed by atoms with Crippen molar-refractivity contribution in [3.05, 3.63) is 65.0 Å². The van der Waals surface area contributed by atoms with E-state index in [0.29, 0.717) is 6.42 Å². The molecule has 0 spiro atoms. The number of nitrogens with one attached hydrogen (secondary N) is 1. The molecule has 162 valence electrons. The van der Waals surface area contributed by atoms with E-state index in [0.717, 1.165) is 29.0 Å². The van der Waals surface area contributed by atoms with Gasteiger partial charge in [0.1, 0.15) is 11.9 Å². The smallest absolute Gasteiger partial charge is 0.244 e. The Morgan fingerprint density at radius 1 is 1.13 bits per heavy atom. The van der Waals surface area contributed by atoms with E-state index in [1.54, 1.807) is 6.07 Å². The number of nitrogens with zero attached hydrogens (tertiary/aromatic N) is 1.